The fourth-order valence-electron chi connectivity index (χ4n) is 1.46. The first-order chi connectivity index (χ1) is 9.22. The zero-order valence-corrected chi connectivity index (χ0v) is 12.8. The third-order valence-corrected chi connectivity index (χ3v) is 2.68. The largest absolute Gasteiger partial charge is 0.481 e. The van der Waals surface area contributed by atoms with Crippen molar-refractivity contribution in [3.63, 3.8) is 0 Å². The van der Waals surface area contributed by atoms with Crippen LogP contribution in [0.15, 0.2) is 16.7 Å². The van der Waals surface area contributed by atoms with Crippen molar-refractivity contribution < 1.29 is 23.7 Å². The summed E-state index contributed by atoms with van der Waals surface area (Å²) in [4.78, 5) is 4.18. The number of ether oxygens (including phenoxy) is 5. The first-order valence-corrected chi connectivity index (χ1v) is 6.38. The van der Waals surface area contributed by atoms with Gasteiger partial charge >= 0.3 is 0 Å². The van der Waals surface area contributed by atoms with Gasteiger partial charge < -0.3 is 23.7 Å². The van der Waals surface area contributed by atoms with E-state index < -0.39 is 0 Å². The zero-order chi connectivity index (χ0) is 14.1. The molecule has 0 spiro atoms. The van der Waals surface area contributed by atoms with Crippen molar-refractivity contribution >= 4 is 15.9 Å². The third kappa shape index (κ3) is 5.42. The normalized spacial score (nSPS) is 12.4. The van der Waals surface area contributed by atoms with E-state index in [1.165, 1.54) is 0 Å². The van der Waals surface area contributed by atoms with Crippen molar-refractivity contribution in [2.45, 2.75) is 6.10 Å². The Balaban J connectivity index is 2.84. The summed E-state index contributed by atoms with van der Waals surface area (Å²) in [6.07, 6.45) is 1.31. The van der Waals surface area contributed by atoms with Gasteiger partial charge in [-0.3, -0.25) is 0 Å². The molecular formula is C12H18BrNO5. The highest BCUT2D eigenvalue weighted by atomic mass is 79.9. The maximum Gasteiger partial charge on any atom is 0.219 e. The molecule has 0 aliphatic heterocycles. The molecule has 0 aromatic carbocycles. The van der Waals surface area contributed by atoms with Crippen LogP contribution in [-0.4, -0.2) is 46.5 Å². The number of rotatable bonds is 9. The van der Waals surface area contributed by atoms with Crippen molar-refractivity contribution in [1.82, 2.24) is 4.98 Å². The van der Waals surface area contributed by atoms with E-state index in [0.29, 0.717) is 12.5 Å². The van der Waals surface area contributed by atoms with E-state index >= 15 is 0 Å². The molecule has 1 atom stereocenters. The molecule has 1 heterocycles. The lowest BCUT2D eigenvalue weighted by Gasteiger charge is -2.19. The van der Waals surface area contributed by atoms with Crippen molar-refractivity contribution in [1.29, 1.82) is 0 Å². The van der Waals surface area contributed by atoms with Crippen LogP contribution in [0.1, 0.15) is 11.7 Å². The van der Waals surface area contributed by atoms with Gasteiger partial charge in [-0.1, -0.05) is 0 Å². The molecule has 1 unspecified atom stereocenters. The highest BCUT2D eigenvalue weighted by Gasteiger charge is 2.19. The Morgan fingerprint density at radius 3 is 2.58 bits per heavy atom. The lowest BCUT2D eigenvalue weighted by molar-refractivity contribution is -0.122. The molecule has 0 fully saturated rings. The van der Waals surface area contributed by atoms with Gasteiger partial charge in [0.15, 0.2) is 0 Å². The van der Waals surface area contributed by atoms with E-state index in [1.54, 1.807) is 27.5 Å². The van der Waals surface area contributed by atoms with Gasteiger partial charge in [-0.05, 0) is 22.0 Å². The van der Waals surface area contributed by atoms with E-state index in [0.717, 1.165) is 10.0 Å². The predicted octanol–water partition coefficient (Wildman–Crippen LogP) is 2.13. The lowest BCUT2D eigenvalue weighted by Crippen LogP contribution is -2.16. The summed E-state index contributed by atoms with van der Waals surface area (Å²) in [5.74, 6) is 0.491. The Morgan fingerprint density at radius 1 is 1.21 bits per heavy atom. The molecule has 0 saturated carbocycles. The summed E-state index contributed by atoms with van der Waals surface area (Å²) in [6, 6.07) is 1.88. The number of nitrogens with zero attached hydrogens (tertiary/aromatic N) is 1. The molecule has 6 nitrogen and oxygen atoms in total. The number of aromatic nitrogens is 1. The number of halogens is 1. The first-order valence-electron chi connectivity index (χ1n) is 5.59. The summed E-state index contributed by atoms with van der Waals surface area (Å²) in [5, 5.41) is 0. The van der Waals surface area contributed by atoms with Crippen LogP contribution in [0.4, 0.5) is 0 Å². The molecule has 0 amide bonds. The molecule has 0 saturated heterocycles. The minimum Gasteiger partial charge on any atom is -0.481 e. The Morgan fingerprint density at radius 2 is 1.95 bits per heavy atom. The van der Waals surface area contributed by atoms with Gasteiger partial charge in [0.2, 0.25) is 5.88 Å². The second kappa shape index (κ2) is 9.22. The molecule has 108 valence electrons. The van der Waals surface area contributed by atoms with Crippen LogP contribution in [0.2, 0.25) is 0 Å². The Hall–Kier alpha value is -0.730. The predicted molar refractivity (Wildman–Crippen MR) is 72.0 cm³/mol. The molecule has 0 aliphatic carbocycles. The quantitative estimate of drug-likeness (QED) is 0.509. The van der Waals surface area contributed by atoms with Crippen LogP contribution >= 0.6 is 15.9 Å². The monoisotopic (exact) mass is 335 g/mol. The fourth-order valence-corrected chi connectivity index (χ4v) is 1.81. The van der Waals surface area contributed by atoms with Crippen molar-refractivity contribution in [2.75, 3.05) is 41.5 Å². The minimum atomic E-state index is -0.352. The Labute approximate surface area is 121 Å². The highest BCUT2D eigenvalue weighted by molar-refractivity contribution is 9.10. The standard InChI is InChI=1S/C12H18BrNO5/c1-15-7-18-6-11(19-8-16-2)10-4-9(13)5-14-12(10)17-3/h4-5,11H,6-8H2,1-3H3. The number of hydrogen-bond donors (Lipinski definition) is 0. The summed E-state index contributed by atoms with van der Waals surface area (Å²) < 4.78 is 26.7. The van der Waals surface area contributed by atoms with Crippen LogP contribution in [0.3, 0.4) is 0 Å². The molecule has 0 N–H and O–H groups in total. The lowest BCUT2D eigenvalue weighted by atomic mass is 10.1. The molecule has 19 heavy (non-hydrogen) atoms. The van der Waals surface area contributed by atoms with Gasteiger partial charge in [0.05, 0.1) is 13.7 Å². The van der Waals surface area contributed by atoms with Crippen molar-refractivity contribution in [3.8, 4) is 5.88 Å². The SMILES string of the molecule is COCOCC(OCOC)c1cc(Br)cnc1OC. The number of hydrogen-bond acceptors (Lipinski definition) is 6. The maximum absolute atomic E-state index is 5.58. The highest BCUT2D eigenvalue weighted by Crippen LogP contribution is 2.28. The van der Waals surface area contributed by atoms with Crippen LogP contribution in [0.25, 0.3) is 0 Å². The Bertz CT molecular complexity index is 377. The van der Waals surface area contributed by atoms with E-state index in [-0.39, 0.29) is 19.7 Å². The molecule has 7 heteroatoms. The number of pyridine rings is 1. The Kier molecular flexibility index (Phi) is 7.92. The summed E-state index contributed by atoms with van der Waals surface area (Å²) in [5.41, 5.74) is 0.782. The van der Waals surface area contributed by atoms with Gasteiger partial charge in [-0.2, -0.15) is 0 Å². The minimum absolute atomic E-state index is 0.149. The molecular weight excluding hydrogens is 318 g/mol. The molecule has 1 rings (SSSR count). The van der Waals surface area contributed by atoms with Crippen LogP contribution in [0.5, 0.6) is 5.88 Å². The van der Waals surface area contributed by atoms with E-state index in [4.69, 9.17) is 23.7 Å². The number of methoxy groups -OCH3 is 3. The van der Waals surface area contributed by atoms with Crippen LogP contribution < -0.4 is 4.74 Å². The molecule has 0 aliphatic rings. The zero-order valence-electron chi connectivity index (χ0n) is 11.2. The van der Waals surface area contributed by atoms with Gasteiger partial charge in [0.1, 0.15) is 19.7 Å². The topological polar surface area (TPSA) is 59.0 Å². The van der Waals surface area contributed by atoms with Gasteiger partial charge in [0.25, 0.3) is 0 Å². The third-order valence-electron chi connectivity index (χ3n) is 2.24. The van der Waals surface area contributed by atoms with Gasteiger partial charge in [-0.15, -0.1) is 0 Å². The van der Waals surface area contributed by atoms with Gasteiger partial charge in [-0.25, -0.2) is 4.98 Å². The fraction of sp³-hybridized carbons (Fsp3) is 0.583. The molecule has 1 aromatic heterocycles. The van der Waals surface area contributed by atoms with Crippen molar-refractivity contribution in [2.24, 2.45) is 0 Å². The van der Waals surface area contributed by atoms with Crippen molar-refractivity contribution in [3.05, 3.63) is 22.3 Å². The summed E-state index contributed by atoms with van der Waals surface area (Å²) >= 11 is 3.37. The average Bonchev–Trinajstić information content (AvgIpc) is 2.42. The second-order valence-corrected chi connectivity index (χ2v) is 4.51. The average molecular weight is 336 g/mol. The van der Waals surface area contributed by atoms with Gasteiger partial charge in [0, 0.05) is 30.5 Å². The smallest absolute Gasteiger partial charge is 0.219 e. The molecule has 0 radical (unpaired) electrons. The van der Waals surface area contributed by atoms with Crippen LogP contribution in [0, 0.1) is 0 Å². The first kappa shape index (κ1) is 16.3. The molecule has 0 bridgehead atoms. The van der Waals surface area contributed by atoms with E-state index in [1.807, 2.05) is 6.07 Å². The molecule has 1 aromatic rings. The maximum atomic E-state index is 5.58. The second-order valence-electron chi connectivity index (χ2n) is 3.59. The summed E-state index contributed by atoms with van der Waals surface area (Å²) in [7, 11) is 4.68. The van der Waals surface area contributed by atoms with E-state index in [2.05, 4.69) is 20.9 Å². The van der Waals surface area contributed by atoms with E-state index in [9.17, 15) is 0 Å². The summed E-state index contributed by atoms with van der Waals surface area (Å²) in [6.45, 7) is 0.652. The van der Waals surface area contributed by atoms with Crippen LogP contribution in [-0.2, 0) is 18.9 Å².